The number of rotatable bonds is 6. The average Bonchev–Trinajstić information content (AvgIpc) is 3.02. The molecule has 2 atom stereocenters. The van der Waals surface area contributed by atoms with Crippen LogP contribution >= 0.6 is 0 Å². The summed E-state index contributed by atoms with van der Waals surface area (Å²) in [5.41, 5.74) is 3.47. The Balaban J connectivity index is 1.62. The number of ether oxygens (including phenoxy) is 2. The van der Waals surface area contributed by atoms with E-state index in [1.54, 1.807) is 0 Å². The molecular formula is C19H25N3O3. The van der Waals surface area contributed by atoms with Crippen LogP contribution in [0.4, 0.5) is 0 Å². The van der Waals surface area contributed by atoms with Crippen LogP contribution in [0.1, 0.15) is 40.7 Å². The fourth-order valence-electron chi connectivity index (χ4n) is 3.05. The van der Waals surface area contributed by atoms with E-state index in [4.69, 9.17) is 9.47 Å². The number of nitrogens with zero attached hydrogens (tertiary/aromatic N) is 1. The first-order chi connectivity index (χ1) is 12.2. The van der Waals surface area contributed by atoms with Crippen molar-refractivity contribution in [3.63, 3.8) is 0 Å². The molecule has 0 saturated carbocycles. The Morgan fingerprint density at radius 3 is 2.92 bits per heavy atom. The topological polar surface area (TPSA) is 76.2 Å². The molecule has 0 radical (unpaired) electrons. The molecule has 0 spiro atoms. The predicted molar refractivity (Wildman–Crippen MR) is 94.4 cm³/mol. The standard InChI is InChI=1S/C19H25N3O3/c1-3-15-13(2)18(22-21-15)19(23)20-16-9-10-24-12-17(16)25-11-14-7-5-4-6-8-14/h4-8,16-17H,3,9-12H2,1-2H3,(H,20,23)(H,21,22). The Labute approximate surface area is 147 Å². The third kappa shape index (κ3) is 4.27. The average molecular weight is 343 g/mol. The molecular weight excluding hydrogens is 318 g/mol. The van der Waals surface area contributed by atoms with Gasteiger partial charge in [-0.3, -0.25) is 9.89 Å². The van der Waals surface area contributed by atoms with E-state index in [0.717, 1.165) is 29.7 Å². The van der Waals surface area contributed by atoms with Crippen molar-refractivity contribution >= 4 is 5.91 Å². The Morgan fingerprint density at radius 2 is 2.20 bits per heavy atom. The highest BCUT2D eigenvalue weighted by atomic mass is 16.5. The minimum atomic E-state index is -0.164. The van der Waals surface area contributed by atoms with E-state index >= 15 is 0 Å². The van der Waals surface area contributed by atoms with Gasteiger partial charge in [-0.05, 0) is 25.3 Å². The number of carbonyl (C=O) groups excluding carboxylic acids is 1. The normalized spacial score (nSPS) is 20.4. The van der Waals surface area contributed by atoms with Gasteiger partial charge in [-0.25, -0.2) is 0 Å². The van der Waals surface area contributed by atoms with E-state index in [9.17, 15) is 4.79 Å². The second-order valence-corrected chi connectivity index (χ2v) is 6.31. The maximum Gasteiger partial charge on any atom is 0.272 e. The molecule has 134 valence electrons. The first-order valence-electron chi connectivity index (χ1n) is 8.77. The summed E-state index contributed by atoms with van der Waals surface area (Å²) in [6.07, 6.45) is 1.39. The van der Waals surface area contributed by atoms with Crippen LogP contribution < -0.4 is 5.32 Å². The van der Waals surface area contributed by atoms with Crippen molar-refractivity contribution in [3.05, 3.63) is 52.8 Å². The predicted octanol–water partition coefficient (Wildman–Crippen LogP) is 2.38. The van der Waals surface area contributed by atoms with Gasteiger partial charge in [-0.1, -0.05) is 37.3 Å². The molecule has 2 aromatic rings. The SMILES string of the molecule is CCc1[nH]nc(C(=O)NC2CCOCC2OCc2ccccc2)c1C. The number of hydrogen-bond donors (Lipinski definition) is 2. The van der Waals surface area contributed by atoms with Crippen LogP contribution in [0.3, 0.4) is 0 Å². The van der Waals surface area contributed by atoms with Crippen molar-refractivity contribution in [1.29, 1.82) is 0 Å². The first kappa shape index (κ1) is 17.6. The molecule has 25 heavy (non-hydrogen) atoms. The van der Waals surface area contributed by atoms with Gasteiger partial charge in [0, 0.05) is 17.9 Å². The lowest BCUT2D eigenvalue weighted by molar-refractivity contribution is -0.0736. The number of H-pyrrole nitrogens is 1. The van der Waals surface area contributed by atoms with Crippen molar-refractivity contribution in [2.24, 2.45) is 0 Å². The number of hydrogen-bond acceptors (Lipinski definition) is 4. The number of aromatic amines is 1. The second-order valence-electron chi connectivity index (χ2n) is 6.31. The summed E-state index contributed by atoms with van der Waals surface area (Å²) in [6.45, 7) is 5.56. The van der Waals surface area contributed by atoms with Crippen molar-refractivity contribution in [3.8, 4) is 0 Å². The molecule has 1 aliphatic heterocycles. The first-order valence-corrected chi connectivity index (χ1v) is 8.77. The van der Waals surface area contributed by atoms with Crippen molar-refractivity contribution in [2.75, 3.05) is 13.2 Å². The summed E-state index contributed by atoms with van der Waals surface area (Å²) in [5.74, 6) is -0.159. The van der Waals surface area contributed by atoms with Gasteiger partial charge >= 0.3 is 0 Å². The zero-order chi connectivity index (χ0) is 17.6. The molecule has 2 N–H and O–H groups in total. The van der Waals surface area contributed by atoms with Crippen LogP contribution in [-0.2, 0) is 22.5 Å². The highest BCUT2D eigenvalue weighted by Crippen LogP contribution is 2.16. The molecule has 1 aromatic carbocycles. The zero-order valence-corrected chi connectivity index (χ0v) is 14.7. The molecule has 2 unspecified atom stereocenters. The Bertz CT molecular complexity index is 699. The maximum absolute atomic E-state index is 12.6. The lowest BCUT2D eigenvalue weighted by Crippen LogP contribution is -2.50. The van der Waals surface area contributed by atoms with Gasteiger partial charge in [0.15, 0.2) is 5.69 Å². The van der Waals surface area contributed by atoms with Gasteiger partial charge in [0.1, 0.15) is 6.10 Å². The van der Waals surface area contributed by atoms with Gasteiger partial charge in [0.25, 0.3) is 5.91 Å². The monoisotopic (exact) mass is 343 g/mol. The van der Waals surface area contributed by atoms with Gasteiger partial charge in [0.2, 0.25) is 0 Å². The number of aryl methyl sites for hydroxylation is 1. The lowest BCUT2D eigenvalue weighted by atomic mass is 10.0. The van der Waals surface area contributed by atoms with E-state index in [0.29, 0.717) is 25.5 Å². The number of carbonyl (C=O) groups is 1. The summed E-state index contributed by atoms with van der Waals surface area (Å²) in [5, 5.41) is 10.2. The molecule has 1 aromatic heterocycles. The van der Waals surface area contributed by atoms with Gasteiger partial charge in [-0.2, -0.15) is 5.10 Å². The molecule has 1 saturated heterocycles. The molecule has 2 heterocycles. The van der Waals surface area contributed by atoms with E-state index in [1.165, 1.54) is 0 Å². The molecule has 6 heteroatoms. The highest BCUT2D eigenvalue weighted by molar-refractivity contribution is 5.94. The minimum Gasteiger partial charge on any atom is -0.379 e. The summed E-state index contributed by atoms with van der Waals surface area (Å²) in [4.78, 5) is 12.6. The van der Waals surface area contributed by atoms with Gasteiger partial charge in [-0.15, -0.1) is 0 Å². The van der Waals surface area contributed by atoms with Crippen LogP contribution in [0.15, 0.2) is 30.3 Å². The van der Waals surface area contributed by atoms with Crippen molar-refractivity contribution in [2.45, 2.75) is 45.4 Å². The molecule has 1 aliphatic rings. The summed E-state index contributed by atoms with van der Waals surface area (Å²) in [6, 6.07) is 9.92. The molecule has 0 bridgehead atoms. The zero-order valence-electron chi connectivity index (χ0n) is 14.7. The van der Waals surface area contributed by atoms with Crippen LogP contribution in [0.2, 0.25) is 0 Å². The van der Waals surface area contributed by atoms with E-state index in [2.05, 4.69) is 15.5 Å². The minimum absolute atomic E-state index is 0.0776. The van der Waals surface area contributed by atoms with Crippen LogP contribution in [-0.4, -0.2) is 41.5 Å². The molecule has 6 nitrogen and oxygen atoms in total. The number of benzene rings is 1. The third-order valence-corrected chi connectivity index (χ3v) is 4.61. The van der Waals surface area contributed by atoms with Crippen molar-refractivity contribution in [1.82, 2.24) is 15.5 Å². The highest BCUT2D eigenvalue weighted by Gasteiger charge is 2.29. The fraction of sp³-hybridized carbons (Fsp3) is 0.474. The molecule has 1 fully saturated rings. The summed E-state index contributed by atoms with van der Waals surface area (Å²) >= 11 is 0. The molecule has 1 amide bonds. The quantitative estimate of drug-likeness (QED) is 0.844. The van der Waals surface area contributed by atoms with E-state index in [1.807, 2.05) is 44.2 Å². The van der Waals surface area contributed by atoms with Crippen LogP contribution in [0, 0.1) is 6.92 Å². The number of amides is 1. The number of nitrogens with one attached hydrogen (secondary N) is 2. The summed E-state index contributed by atoms with van der Waals surface area (Å²) < 4.78 is 11.5. The van der Waals surface area contributed by atoms with E-state index < -0.39 is 0 Å². The van der Waals surface area contributed by atoms with E-state index in [-0.39, 0.29) is 18.1 Å². The van der Waals surface area contributed by atoms with Gasteiger partial charge < -0.3 is 14.8 Å². The van der Waals surface area contributed by atoms with Gasteiger partial charge in [0.05, 0.1) is 19.3 Å². The van der Waals surface area contributed by atoms with Crippen LogP contribution in [0.25, 0.3) is 0 Å². The van der Waals surface area contributed by atoms with Crippen LogP contribution in [0.5, 0.6) is 0 Å². The Morgan fingerprint density at radius 1 is 1.40 bits per heavy atom. The smallest absolute Gasteiger partial charge is 0.272 e. The largest absolute Gasteiger partial charge is 0.379 e. The Hall–Kier alpha value is -2.18. The second kappa shape index (κ2) is 8.27. The molecule has 0 aliphatic carbocycles. The Kier molecular flexibility index (Phi) is 5.83. The number of aromatic nitrogens is 2. The lowest BCUT2D eigenvalue weighted by Gasteiger charge is -2.32. The summed E-state index contributed by atoms with van der Waals surface area (Å²) in [7, 11) is 0. The van der Waals surface area contributed by atoms with Crippen molar-refractivity contribution < 1.29 is 14.3 Å². The molecule has 3 rings (SSSR count). The fourth-order valence-corrected chi connectivity index (χ4v) is 3.05. The third-order valence-electron chi connectivity index (χ3n) is 4.61. The maximum atomic E-state index is 12.6.